The average molecular weight is 262 g/mol. The summed E-state index contributed by atoms with van der Waals surface area (Å²) < 4.78 is 5.32. The minimum Gasteiger partial charge on any atom is -0.497 e. The summed E-state index contributed by atoms with van der Waals surface area (Å²) in [5, 5.41) is 0. The molecule has 3 nitrogen and oxygen atoms in total. The van der Waals surface area contributed by atoms with E-state index in [-0.39, 0.29) is 5.54 Å². The number of likely N-dealkylation sites (N-methyl/N-ethyl adjacent to an activating group) is 1. The highest BCUT2D eigenvalue weighted by Crippen LogP contribution is 2.47. The van der Waals surface area contributed by atoms with Crippen molar-refractivity contribution in [3.05, 3.63) is 24.3 Å². The van der Waals surface area contributed by atoms with Gasteiger partial charge in [-0.15, -0.1) is 0 Å². The SMILES string of the molecule is COc1cccc(N(C)C2(CN)CCC(C)(C)C2)c1. The van der Waals surface area contributed by atoms with Gasteiger partial charge in [0.15, 0.2) is 0 Å². The van der Waals surface area contributed by atoms with Gasteiger partial charge in [0.25, 0.3) is 0 Å². The molecule has 0 radical (unpaired) electrons. The molecule has 2 N–H and O–H groups in total. The van der Waals surface area contributed by atoms with Gasteiger partial charge < -0.3 is 15.4 Å². The smallest absolute Gasteiger partial charge is 0.120 e. The van der Waals surface area contributed by atoms with Crippen LogP contribution in [0.15, 0.2) is 24.3 Å². The number of nitrogens with zero attached hydrogens (tertiary/aromatic N) is 1. The third-order valence-corrected chi connectivity index (χ3v) is 4.61. The molecule has 3 heteroatoms. The summed E-state index contributed by atoms with van der Waals surface area (Å²) in [6.07, 6.45) is 3.53. The van der Waals surface area contributed by atoms with Gasteiger partial charge in [-0.1, -0.05) is 19.9 Å². The molecule has 106 valence electrons. The van der Waals surface area contributed by atoms with E-state index in [2.05, 4.69) is 37.9 Å². The second-order valence-corrected chi connectivity index (χ2v) is 6.53. The van der Waals surface area contributed by atoms with Gasteiger partial charge in [-0.05, 0) is 36.8 Å². The molecular weight excluding hydrogens is 236 g/mol. The minimum absolute atomic E-state index is 0.0792. The van der Waals surface area contributed by atoms with Crippen molar-refractivity contribution in [1.29, 1.82) is 0 Å². The van der Waals surface area contributed by atoms with Crippen LogP contribution in [0.1, 0.15) is 33.1 Å². The van der Waals surface area contributed by atoms with Crippen molar-refractivity contribution < 1.29 is 4.74 Å². The zero-order valence-electron chi connectivity index (χ0n) is 12.6. The molecule has 0 aromatic heterocycles. The van der Waals surface area contributed by atoms with Crippen molar-refractivity contribution in [3.63, 3.8) is 0 Å². The van der Waals surface area contributed by atoms with Gasteiger partial charge in [0.05, 0.1) is 12.6 Å². The quantitative estimate of drug-likeness (QED) is 0.906. The number of hydrogen-bond acceptors (Lipinski definition) is 3. The molecule has 1 fully saturated rings. The van der Waals surface area contributed by atoms with Crippen molar-refractivity contribution in [2.75, 3.05) is 25.6 Å². The van der Waals surface area contributed by atoms with E-state index in [1.807, 2.05) is 12.1 Å². The predicted octanol–water partition coefficient (Wildman–Crippen LogP) is 3.04. The fraction of sp³-hybridized carbons (Fsp3) is 0.625. The monoisotopic (exact) mass is 262 g/mol. The third kappa shape index (κ3) is 2.71. The number of anilines is 1. The summed E-state index contributed by atoms with van der Waals surface area (Å²) in [6.45, 7) is 5.37. The first-order valence-corrected chi connectivity index (χ1v) is 7.00. The topological polar surface area (TPSA) is 38.5 Å². The Morgan fingerprint density at radius 1 is 1.32 bits per heavy atom. The van der Waals surface area contributed by atoms with Crippen LogP contribution in [0, 0.1) is 5.41 Å². The van der Waals surface area contributed by atoms with Crippen molar-refractivity contribution in [3.8, 4) is 5.75 Å². The molecule has 1 atom stereocenters. The van der Waals surface area contributed by atoms with E-state index in [9.17, 15) is 0 Å². The number of nitrogens with two attached hydrogens (primary N) is 1. The molecule has 1 aromatic rings. The lowest BCUT2D eigenvalue weighted by Gasteiger charge is -2.41. The summed E-state index contributed by atoms with van der Waals surface area (Å²) >= 11 is 0. The van der Waals surface area contributed by atoms with E-state index in [1.54, 1.807) is 7.11 Å². The second kappa shape index (κ2) is 5.04. The van der Waals surface area contributed by atoms with E-state index in [0.29, 0.717) is 12.0 Å². The lowest BCUT2D eigenvalue weighted by molar-refractivity contribution is 0.332. The number of methoxy groups -OCH3 is 1. The van der Waals surface area contributed by atoms with E-state index in [1.165, 1.54) is 12.1 Å². The molecule has 1 aliphatic rings. The number of hydrogen-bond donors (Lipinski definition) is 1. The molecule has 2 rings (SSSR count). The summed E-state index contributed by atoms with van der Waals surface area (Å²) in [7, 11) is 3.86. The molecule has 1 aliphatic carbocycles. The van der Waals surface area contributed by atoms with Crippen LogP contribution in [0.2, 0.25) is 0 Å². The van der Waals surface area contributed by atoms with Crippen LogP contribution in [-0.4, -0.2) is 26.2 Å². The molecule has 0 bridgehead atoms. The predicted molar refractivity (Wildman–Crippen MR) is 80.8 cm³/mol. The largest absolute Gasteiger partial charge is 0.497 e. The molecule has 0 heterocycles. The summed E-state index contributed by atoms with van der Waals surface area (Å²) in [4.78, 5) is 2.35. The van der Waals surface area contributed by atoms with Crippen LogP contribution in [0.25, 0.3) is 0 Å². The van der Waals surface area contributed by atoms with Crippen molar-refractivity contribution in [2.45, 2.75) is 38.6 Å². The molecule has 1 unspecified atom stereocenters. The Balaban J connectivity index is 2.28. The first kappa shape index (κ1) is 14.2. The van der Waals surface area contributed by atoms with Gasteiger partial charge in [-0.3, -0.25) is 0 Å². The molecule has 0 saturated heterocycles. The molecule has 0 aliphatic heterocycles. The second-order valence-electron chi connectivity index (χ2n) is 6.53. The Morgan fingerprint density at radius 2 is 2.05 bits per heavy atom. The molecule has 0 spiro atoms. The molecule has 0 amide bonds. The Bertz CT molecular complexity index is 444. The van der Waals surface area contributed by atoms with Crippen LogP contribution in [0.5, 0.6) is 5.75 Å². The van der Waals surface area contributed by atoms with Crippen LogP contribution in [0.4, 0.5) is 5.69 Å². The van der Waals surface area contributed by atoms with Gasteiger partial charge in [-0.25, -0.2) is 0 Å². The maximum atomic E-state index is 6.13. The Morgan fingerprint density at radius 3 is 2.58 bits per heavy atom. The summed E-state index contributed by atoms with van der Waals surface area (Å²) in [6, 6.07) is 8.23. The number of ether oxygens (including phenoxy) is 1. The zero-order valence-corrected chi connectivity index (χ0v) is 12.6. The summed E-state index contributed by atoms with van der Waals surface area (Å²) in [5.74, 6) is 0.897. The lowest BCUT2D eigenvalue weighted by atomic mass is 9.86. The molecule has 1 aromatic carbocycles. The van der Waals surface area contributed by atoms with Crippen molar-refractivity contribution >= 4 is 5.69 Å². The first-order valence-electron chi connectivity index (χ1n) is 7.00. The summed E-state index contributed by atoms with van der Waals surface area (Å²) in [5.41, 5.74) is 7.77. The Kier molecular flexibility index (Phi) is 3.77. The van der Waals surface area contributed by atoms with Crippen LogP contribution in [0.3, 0.4) is 0 Å². The van der Waals surface area contributed by atoms with Crippen LogP contribution >= 0.6 is 0 Å². The van der Waals surface area contributed by atoms with Gasteiger partial charge in [0, 0.05) is 25.3 Å². The van der Waals surface area contributed by atoms with E-state index >= 15 is 0 Å². The first-order chi connectivity index (χ1) is 8.92. The molecule has 1 saturated carbocycles. The standard InChI is InChI=1S/C16H26N2O/c1-15(2)8-9-16(11-15,12-17)18(3)13-6-5-7-14(10-13)19-4/h5-7,10H,8-9,11-12,17H2,1-4H3. The van der Waals surface area contributed by atoms with Gasteiger partial charge in [-0.2, -0.15) is 0 Å². The van der Waals surface area contributed by atoms with Crippen LogP contribution in [-0.2, 0) is 0 Å². The maximum Gasteiger partial charge on any atom is 0.120 e. The Labute approximate surface area is 116 Å². The van der Waals surface area contributed by atoms with E-state index in [4.69, 9.17) is 10.5 Å². The fourth-order valence-electron chi connectivity index (χ4n) is 3.33. The van der Waals surface area contributed by atoms with E-state index in [0.717, 1.165) is 18.6 Å². The van der Waals surface area contributed by atoms with Crippen LogP contribution < -0.4 is 15.4 Å². The highest BCUT2D eigenvalue weighted by molar-refractivity contribution is 5.53. The maximum absolute atomic E-state index is 6.13. The number of rotatable bonds is 4. The van der Waals surface area contributed by atoms with Gasteiger partial charge in [0.1, 0.15) is 5.75 Å². The average Bonchev–Trinajstić information content (AvgIpc) is 2.75. The molecular formula is C16H26N2O. The van der Waals surface area contributed by atoms with Crippen molar-refractivity contribution in [2.24, 2.45) is 11.1 Å². The van der Waals surface area contributed by atoms with Gasteiger partial charge >= 0.3 is 0 Å². The zero-order chi connectivity index (χ0) is 14.1. The third-order valence-electron chi connectivity index (χ3n) is 4.61. The van der Waals surface area contributed by atoms with Gasteiger partial charge in [0.2, 0.25) is 0 Å². The van der Waals surface area contributed by atoms with E-state index < -0.39 is 0 Å². The minimum atomic E-state index is 0.0792. The number of benzene rings is 1. The normalized spacial score (nSPS) is 25.3. The fourth-order valence-corrected chi connectivity index (χ4v) is 3.33. The van der Waals surface area contributed by atoms with Crippen molar-refractivity contribution in [1.82, 2.24) is 0 Å². The lowest BCUT2D eigenvalue weighted by Crippen LogP contribution is -2.51. The molecule has 19 heavy (non-hydrogen) atoms. The Hall–Kier alpha value is -1.22. The highest BCUT2D eigenvalue weighted by atomic mass is 16.5. The highest BCUT2D eigenvalue weighted by Gasteiger charge is 2.45.